The third kappa shape index (κ3) is 4.78. The normalized spacial score (nSPS) is 10.5. The van der Waals surface area contributed by atoms with E-state index in [0.717, 1.165) is 30.0 Å². The Kier molecular flexibility index (Phi) is 5.69. The lowest BCUT2D eigenvalue weighted by Crippen LogP contribution is -2.14. The Balaban J connectivity index is 2.64. The van der Waals surface area contributed by atoms with Gasteiger partial charge in [-0.3, -0.25) is 4.79 Å². The fourth-order valence-corrected chi connectivity index (χ4v) is 1.66. The third-order valence-electron chi connectivity index (χ3n) is 2.54. The Morgan fingerprint density at radius 2 is 2.11 bits per heavy atom. The lowest BCUT2D eigenvalue weighted by atomic mass is 10.1. The number of carbonyl (C=O) groups excluding carboxylic acids is 1. The van der Waals surface area contributed by atoms with E-state index in [1.807, 2.05) is 39.0 Å². The Hall–Kier alpha value is -1.51. The maximum atomic E-state index is 11.7. The van der Waals surface area contributed by atoms with Crippen LogP contribution in [0.3, 0.4) is 0 Å². The van der Waals surface area contributed by atoms with Crippen molar-refractivity contribution in [2.75, 3.05) is 11.9 Å². The molecule has 0 radical (unpaired) electrons. The summed E-state index contributed by atoms with van der Waals surface area (Å²) in [5.41, 5.74) is 1.89. The van der Waals surface area contributed by atoms with Crippen LogP contribution < -0.4 is 10.1 Å². The van der Waals surface area contributed by atoms with Crippen LogP contribution >= 0.6 is 0 Å². The highest BCUT2D eigenvalue weighted by Gasteiger charge is 2.07. The van der Waals surface area contributed by atoms with Gasteiger partial charge in [0.15, 0.2) is 0 Å². The van der Waals surface area contributed by atoms with E-state index in [1.54, 1.807) is 0 Å². The van der Waals surface area contributed by atoms with E-state index < -0.39 is 0 Å². The molecule has 3 nitrogen and oxygen atoms in total. The summed E-state index contributed by atoms with van der Waals surface area (Å²) in [6, 6.07) is 5.76. The molecule has 0 heterocycles. The van der Waals surface area contributed by atoms with E-state index in [9.17, 15) is 4.79 Å². The van der Waals surface area contributed by atoms with Crippen LogP contribution in [-0.4, -0.2) is 12.5 Å². The van der Waals surface area contributed by atoms with Crippen molar-refractivity contribution in [2.24, 2.45) is 5.92 Å². The van der Waals surface area contributed by atoms with E-state index in [4.69, 9.17) is 4.74 Å². The molecule has 0 atom stereocenters. The molecule has 0 saturated carbocycles. The summed E-state index contributed by atoms with van der Waals surface area (Å²) in [4.78, 5) is 11.7. The minimum atomic E-state index is 0.0651. The van der Waals surface area contributed by atoms with Gasteiger partial charge >= 0.3 is 0 Å². The van der Waals surface area contributed by atoms with Crippen molar-refractivity contribution in [1.29, 1.82) is 0 Å². The molecule has 0 unspecified atom stereocenters. The molecule has 0 aliphatic heterocycles. The van der Waals surface area contributed by atoms with Gasteiger partial charge in [0.25, 0.3) is 0 Å². The predicted molar refractivity (Wildman–Crippen MR) is 75.0 cm³/mol. The molecule has 0 bridgehead atoms. The first-order chi connectivity index (χ1) is 8.52. The zero-order valence-corrected chi connectivity index (χ0v) is 11.7. The van der Waals surface area contributed by atoms with Crippen LogP contribution in [0.4, 0.5) is 5.69 Å². The molecular formula is C15H23NO2. The number of nitrogens with one attached hydrogen (secondary N) is 1. The van der Waals surface area contributed by atoms with Crippen LogP contribution in [0, 0.1) is 12.8 Å². The average Bonchev–Trinajstić information content (AvgIpc) is 2.28. The van der Waals surface area contributed by atoms with Crippen LogP contribution in [-0.2, 0) is 4.79 Å². The molecule has 0 fully saturated rings. The number of amides is 1. The third-order valence-corrected chi connectivity index (χ3v) is 2.54. The molecule has 0 saturated heterocycles. The fourth-order valence-electron chi connectivity index (χ4n) is 1.66. The lowest BCUT2D eigenvalue weighted by molar-refractivity contribution is -0.116. The highest BCUT2D eigenvalue weighted by molar-refractivity contribution is 5.91. The second kappa shape index (κ2) is 7.04. The number of ether oxygens (including phenoxy) is 1. The van der Waals surface area contributed by atoms with Gasteiger partial charge in [0, 0.05) is 12.1 Å². The monoisotopic (exact) mass is 249 g/mol. The average molecular weight is 249 g/mol. The quantitative estimate of drug-likeness (QED) is 0.833. The zero-order valence-electron chi connectivity index (χ0n) is 11.7. The summed E-state index contributed by atoms with van der Waals surface area (Å²) in [5, 5.41) is 2.93. The van der Waals surface area contributed by atoms with Crippen LogP contribution in [0.25, 0.3) is 0 Å². The molecule has 1 aromatic carbocycles. The summed E-state index contributed by atoms with van der Waals surface area (Å²) >= 11 is 0. The standard InChI is InChI=1S/C15H23NO2/c1-5-8-18-13-6-7-14(12(4)10-13)16-15(17)9-11(2)3/h6-7,10-11H,5,8-9H2,1-4H3,(H,16,17). The number of aryl methyl sites for hydroxylation is 1. The van der Waals surface area contributed by atoms with Crippen LogP contribution in [0.15, 0.2) is 18.2 Å². The molecule has 1 aromatic rings. The second-order valence-corrected chi connectivity index (χ2v) is 4.97. The van der Waals surface area contributed by atoms with Crippen LogP contribution in [0.1, 0.15) is 39.2 Å². The minimum absolute atomic E-state index is 0.0651. The molecule has 0 spiro atoms. The predicted octanol–water partition coefficient (Wildman–Crippen LogP) is 3.77. The molecule has 1 amide bonds. The molecule has 18 heavy (non-hydrogen) atoms. The highest BCUT2D eigenvalue weighted by Crippen LogP contribution is 2.22. The smallest absolute Gasteiger partial charge is 0.224 e. The van der Waals surface area contributed by atoms with Gasteiger partial charge in [-0.15, -0.1) is 0 Å². The molecule has 100 valence electrons. The minimum Gasteiger partial charge on any atom is -0.494 e. The maximum absolute atomic E-state index is 11.7. The topological polar surface area (TPSA) is 38.3 Å². The molecular weight excluding hydrogens is 226 g/mol. The number of carbonyl (C=O) groups is 1. The summed E-state index contributed by atoms with van der Waals surface area (Å²) < 4.78 is 5.55. The van der Waals surface area contributed by atoms with Gasteiger partial charge in [-0.1, -0.05) is 20.8 Å². The van der Waals surface area contributed by atoms with E-state index in [1.165, 1.54) is 0 Å². The molecule has 1 N–H and O–H groups in total. The van der Waals surface area contributed by atoms with Gasteiger partial charge in [0.05, 0.1) is 6.61 Å². The Bertz CT molecular complexity index is 399. The summed E-state index contributed by atoms with van der Waals surface area (Å²) in [7, 11) is 0. The van der Waals surface area contributed by atoms with E-state index in [-0.39, 0.29) is 5.91 Å². The van der Waals surface area contributed by atoms with Crippen molar-refractivity contribution in [3.63, 3.8) is 0 Å². The van der Waals surface area contributed by atoms with Crippen LogP contribution in [0.5, 0.6) is 5.75 Å². The Labute approximate surface area is 110 Å². The number of hydrogen-bond donors (Lipinski definition) is 1. The molecule has 1 rings (SSSR count). The lowest BCUT2D eigenvalue weighted by Gasteiger charge is -2.11. The Morgan fingerprint density at radius 3 is 2.67 bits per heavy atom. The van der Waals surface area contributed by atoms with Gasteiger partial charge < -0.3 is 10.1 Å². The number of benzene rings is 1. The van der Waals surface area contributed by atoms with Crippen molar-refractivity contribution in [2.45, 2.75) is 40.5 Å². The first kappa shape index (κ1) is 14.6. The van der Waals surface area contributed by atoms with E-state index >= 15 is 0 Å². The molecule has 0 aliphatic carbocycles. The Morgan fingerprint density at radius 1 is 1.39 bits per heavy atom. The summed E-state index contributed by atoms with van der Waals surface area (Å²) in [5.74, 6) is 1.30. The number of rotatable bonds is 6. The van der Waals surface area contributed by atoms with Gasteiger partial charge in [-0.25, -0.2) is 0 Å². The SMILES string of the molecule is CCCOc1ccc(NC(=O)CC(C)C)c(C)c1. The van der Waals surface area contributed by atoms with E-state index in [2.05, 4.69) is 12.2 Å². The molecule has 0 aromatic heterocycles. The van der Waals surface area contributed by atoms with Crippen molar-refractivity contribution in [1.82, 2.24) is 0 Å². The van der Waals surface area contributed by atoms with Gasteiger partial charge in [0.2, 0.25) is 5.91 Å². The maximum Gasteiger partial charge on any atom is 0.224 e. The molecule has 0 aliphatic rings. The fraction of sp³-hybridized carbons (Fsp3) is 0.533. The zero-order chi connectivity index (χ0) is 13.5. The highest BCUT2D eigenvalue weighted by atomic mass is 16.5. The van der Waals surface area contributed by atoms with Gasteiger partial charge in [0.1, 0.15) is 5.75 Å². The number of hydrogen-bond acceptors (Lipinski definition) is 2. The van der Waals surface area contributed by atoms with Crippen molar-refractivity contribution >= 4 is 11.6 Å². The van der Waals surface area contributed by atoms with Crippen molar-refractivity contribution in [3.05, 3.63) is 23.8 Å². The molecule has 3 heteroatoms. The summed E-state index contributed by atoms with van der Waals surface area (Å²) in [6.07, 6.45) is 1.54. The first-order valence-electron chi connectivity index (χ1n) is 6.56. The van der Waals surface area contributed by atoms with Crippen molar-refractivity contribution in [3.8, 4) is 5.75 Å². The van der Waals surface area contributed by atoms with Crippen LogP contribution in [0.2, 0.25) is 0 Å². The largest absolute Gasteiger partial charge is 0.494 e. The first-order valence-corrected chi connectivity index (χ1v) is 6.56. The second-order valence-electron chi connectivity index (χ2n) is 4.97. The summed E-state index contributed by atoms with van der Waals surface area (Å²) in [6.45, 7) is 8.85. The number of anilines is 1. The van der Waals surface area contributed by atoms with Crippen molar-refractivity contribution < 1.29 is 9.53 Å². The van der Waals surface area contributed by atoms with E-state index in [0.29, 0.717) is 12.3 Å². The van der Waals surface area contributed by atoms with Gasteiger partial charge in [-0.2, -0.15) is 0 Å². The van der Waals surface area contributed by atoms with Gasteiger partial charge in [-0.05, 0) is 43.0 Å².